The van der Waals surface area contributed by atoms with Crippen LogP contribution in [0.2, 0.25) is 5.02 Å². The number of carbonyl (C=O) groups is 2. The van der Waals surface area contributed by atoms with Crippen molar-refractivity contribution in [3.8, 4) is 11.5 Å². The monoisotopic (exact) mass is 358 g/mol. The van der Waals surface area contributed by atoms with E-state index in [4.69, 9.17) is 16.3 Å². The van der Waals surface area contributed by atoms with Gasteiger partial charge < -0.3 is 9.84 Å². The molecule has 0 atom stereocenters. The van der Waals surface area contributed by atoms with Crippen LogP contribution in [-0.4, -0.2) is 24.0 Å². The van der Waals surface area contributed by atoms with Gasteiger partial charge in [-0.25, -0.2) is 5.01 Å². The molecule has 0 spiro atoms. The standard InChI is InChI=1S/C18H15ClN2O4/c1-10-4-3-5-12(6-10)21-18(24)13(17(23)20-21)7-11-8-14(19)16(22)15(9-11)25-2/h3-9,22H,1-2H3,(H,20,23). The van der Waals surface area contributed by atoms with Gasteiger partial charge in [0.1, 0.15) is 5.57 Å². The number of halogens is 1. The Morgan fingerprint density at radius 1 is 1.24 bits per heavy atom. The Morgan fingerprint density at radius 3 is 2.68 bits per heavy atom. The summed E-state index contributed by atoms with van der Waals surface area (Å²) in [5.74, 6) is -1.04. The molecule has 0 aliphatic carbocycles. The quantitative estimate of drug-likeness (QED) is 0.653. The molecular weight excluding hydrogens is 344 g/mol. The fourth-order valence-electron chi connectivity index (χ4n) is 2.51. The number of amides is 2. The van der Waals surface area contributed by atoms with Gasteiger partial charge in [-0.05, 0) is 48.4 Å². The Labute approximate surface area is 149 Å². The van der Waals surface area contributed by atoms with E-state index >= 15 is 0 Å². The largest absolute Gasteiger partial charge is 0.503 e. The number of aryl methyl sites for hydroxylation is 1. The van der Waals surface area contributed by atoms with Crippen LogP contribution in [0.15, 0.2) is 42.0 Å². The third-order valence-electron chi connectivity index (χ3n) is 3.73. The minimum absolute atomic E-state index is 0.0367. The molecule has 0 unspecified atom stereocenters. The van der Waals surface area contributed by atoms with Crippen molar-refractivity contribution in [3.05, 3.63) is 58.1 Å². The lowest BCUT2D eigenvalue weighted by atomic mass is 10.1. The topological polar surface area (TPSA) is 78.9 Å². The smallest absolute Gasteiger partial charge is 0.282 e. The number of nitrogens with one attached hydrogen (secondary N) is 1. The molecule has 1 fully saturated rings. The van der Waals surface area contributed by atoms with Gasteiger partial charge in [-0.2, -0.15) is 0 Å². The molecule has 0 saturated carbocycles. The van der Waals surface area contributed by atoms with Crippen LogP contribution in [0.3, 0.4) is 0 Å². The first-order valence-electron chi connectivity index (χ1n) is 7.41. The Balaban J connectivity index is 1.98. The minimum atomic E-state index is -0.519. The van der Waals surface area contributed by atoms with Gasteiger partial charge in [0.15, 0.2) is 11.5 Å². The Hall–Kier alpha value is -2.99. The first-order valence-corrected chi connectivity index (χ1v) is 7.79. The van der Waals surface area contributed by atoms with Crippen molar-refractivity contribution in [3.63, 3.8) is 0 Å². The second-order valence-electron chi connectivity index (χ2n) is 5.53. The molecule has 2 aromatic carbocycles. The SMILES string of the molecule is COc1cc(C=C2C(=O)NN(c3cccc(C)c3)C2=O)cc(Cl)c1O. The molecule has 1 heterocycles. The summed E-state index contributed by atoms with van der Waals surface area (Å²) < 4.78 is 5.03. The lowest BCUT2D eigenvalue weighted by Crippen LogP contribution is -2.35. The molecule has 1 saturated heterocycles. The maximum Gasteiger partial charge on any atom is 0.282 e. The van der Waals surface area contributed by atoms with E-state index in [0.29, 0.717) is 11.3 Å². The lowest BCUT2D eigenvalue weighted by molar-refractivity contribution is -0.117. The number of benzene rings is 2. The molecule has 2 aromatic rings. The van der Waals surface area contributed by atoms with Crippen molar-refractivity contribution >= 4 is 35.2 Å². The number of methoxy groups -OCH3 is 1. The van der Waals surface area contributed by atoms with Crippen LogP contribution in [0.1, 0.15) is 11.1 Å². The van der Waals surface area contributed by atoms with Gasteiger partial charge in [0.25, 0.3) is 11.8 Å². The fourth-order valence-corrected chi connectivity index (χ4v) is 2.72. The van der Waals surface area contributed by atoms with Crippen molar-refractivity contribution in [2.75, 3.05) is 12.1 Å². The van der Waals surface area contributed by atoms with Gasteiger partial charge in [0.05, 0.1) is 17.8 Å². The summed E-state index contributed by atoms with van der Waals surface area (Å²) in [5.41, 5.74) is 4.50. The van der Waals surface area contributed by atoms with Gasteiger partial charge in [-0.15, -0.1) is 0 Å². The average molecular weight is 359 g/mol. The van der Waals surface area contributed by atoms with E-state index in [1.54, 1.807) is 18.2 Å². The zero-order chi connectivity index (χ0) is 18.1. The van der Waals surface area contributed by atoms with Gasteiger partial charge in [-0.1, -0.05) is 23.7 Å². The number of phenols is 1. The number of hydrazine groups is 1. The molecule has 3 rings (SSSR count). The van der Waals surface area contributed by atoms with Crippen molar-refractivity contribution in [2.45, 2.75) is 6.92 Å². The van der Waals surface area contributed by atoms with Crippen LogP contribution >= 0.6 is 11.6 Å². The van der Waals surface area contributed by atoms with Crippen LogP contribution in [0.4, 0.5) is 5.69 Å². The first kappa shape index (κ1) is 16.9. The molecule has 0 aromatic heterocycles. The maximum absolute atomic E-state index is 12.6. The number of hydrogen-bond acceptors (Lipinski definition) is 4. The Bertz CT molecular complexity index is 908. The average Bonchev–Trinajstić information content (AvgIpc) is 2.86. The van der Waals surface area contributed by atoms with Crippen LogP contribution in [-0.2, 0) is 9.59 Å². The summed E-state index contributed by atoms with van der Waals surface area (Å²) in [4.78, 5) is 24.8. The van der Waals surface area contributed by atoms with Gasteiger partial charge >= 0.3 is 0 Å². The normalized spacial score (nSPS) is 15.6. The van der Waals surface area contributed by atoms with E-state index < -0.39 is 11.8 Å². The number of ether oxygens (including phenoxy) is 1. The predicted octanol–water partition coefficient (Wildman–Crippen LogP) is 2.82. The van der Waals surface area contributed by atoms with Gasteiger partial charge in [0, 0.05) is 0 Å². The summed E-state index contributed by atoms with van der Waals surface area (Å²) in [7, 11) is 1.38. The minimum Gasteiger partial charge on any atom is -0.503 e. The maximum atomic E-state index is 12.6. The van der Waals surface area contributed by atoms with Crippen LogP contribution in [0.5, 0.6) is 11.5 Å². The third kappa shape index (κ3) is 3.16. The summed E-state index contributed by atoms with van der Waals surface area (Å²) in [6.07, 6.45) is 1.40. The molecule has 25 heavy (non-hydrogen) atoms. The molecule has 1 aliphatic heterocycles. The number of aromatic hydroxyl groups is 1. The van der Waals surface area contributed by atoms with Crippen molar-refractivity contribution < 1.29 is 19.4 Å². The molecule has 1 aliphatic rings. The zero-order valence-corrected chi connectivity index (χ0v) is 14.3. The highest BCUT2D eigenvalue weighted by Crippen LogP contribution is 2.35. The number of hydrogen-bond donors (Lipinski definition) is 2. The molecule has 128 valence electrons. The van der Waals surface area contributed by atoms with Crippen LogP contribution in [0, 0.1) is 6.92 Å². The number of anilines is 1. The summed E-state index contributed by atoms with van der Waals surface area (Å²) in [6.45, 7) is 1.90. The first-order chi connectivity index (χ1) is 11.9. The van der Waals surface area contributed by atoms with E-state index in [1.165, 1.54) is 30.3 Å². The summed E-state index contributed by atoms with van der Waals surface area (Å²) in [6, 6.07) is 10.2. The molecule has 2 N–H and O–H groups in total. The highest BCUT2D eigenvalue weighted by molar-refractivity contribution is 6.33. The van der Waals surface area contributed by atoms with Crippen molar-refractivity contribution in [1.29, 1.82) is 0 Å². The summed E-state index contributed by atoms with van der Waals surface area (Å²) >= 11 is 5.94. The molecule has 0 radical (unpaired) electrons. The number of nitrogens with zero attached hydrogens (tertiary/aromatic N) is 1. The Kier molecular flexibility index (Phi) is 4.37. The molecular formula is C18H15ClN2O4. The van der Waals surface area contributed by atoms with Crippen LogP contribution < -0.4 is 15.2 Å². The van der Waals surface area contributed by atoms with Crippen LogP contribution in [0.25, 0.3) is 6.08 Å². The highest BCUT2D eigenvalue weighted by atomic mass is 35.5. The van der Waals surface area contributed by atoms with Gasteiger partial charge in [-0.3, -0.25) is 15.0 Å². The van der Waals surface area contributed by atoms with Gasteiger partial charge in [0.2, 0.25) is 0 Å². The number of phenolic OH excluding ortho intramolecular Hbond substituents is 1. The van der Waals surface area contributed by atoms with E-state index in [1.807, 2.05) is 13.0 Å². The predicted molar refractivity (Wildman–Crippen MR) is 94.5 cm³/mol. The Morgan fingerprint density at radius 2 is 2.00 bits per heavy atom. The van der Waals surface area contributed by atoms with Crippen molar-refractivity contribution in [1.82, 2.24) is 5.43 Å². The summed E-state index contributed by atoms with van der Waals surface area (Å²) in [5, 5.41) is 11.0. The van der Waals surface area contributed by atoms with E-state index in [-0.39, 0.29) is 22.1 Å². The zero-order valence-electron chi connectivity index (χ0n) is 13.5. The van der Waals surface area contributed by atoms with Crippen molar-refractivity contribution in [2.24, 2.45) is 0 Å². The van der Waals surface area contributed by atoms with E-state index in [9.17, 15) is 14.7 Å². The fraction of sp³-hybridized carbons (Fsp3) is 0.111. The second-order valence-corrected chi connectivity index (χ2v) is 5.94. The molecule has 6 nitrogen and oxygen atoms in total. The third-order valence-corrected chi connectivity index (χ3v) is 4.02. The molecule has 0 bridgehead atoms. The van der Waals surface area contributed by atoms with E-state index in [2.05, 4.69) is 5.43 Å². The van der Waals surface area contributed by atoms with E-state index in [0.717, 1.165) is 5.56 Å². The second kappa shape index (κ2) is 6.49. The number of rotatable bonds is 3. The highest BCUT2D eigenvalue weighted by Gasteiger charge is 2.34. The number of carbonyl (C=O) groups excluding carboxylic acids is 2. The lowest BCUT2D eigenvalue weighted by Gasteiger charge is -2.14. The molecule has 7 heteroatoms. The molecule has 2 amide bonds.